The molecule has 7 nitrogen and oxygen atoms in total. The number of rotatable bonds is 6. The maximum atomic E-state index is 4.74. The summed E-state index contributed by atoms with van der Waals surface area (Å²) in [6, 6.07) is 28.6. The van der Waals surface area contributed by atoms with E-state index in [0.717, 1.165) is 30.0 Å². The Labute approximate surface area is 216 Å². The molecule has 6 rings (SSSR count). The molecule has 2 aliphatic carbocycles. The highest BCUT2D eigenvalue weighted by Gasteiger charge is 2.25. The lowest BCUT2D eigenvalue weighted by Crippen LogP contribution is -2.07. The molecule has 0 aliphatic heterocycles. The van der Waals surface area contributed by atoms with Crippen molar-refractivity contribution in [3.63, 3.8) is 0 Å². The second-order valence-corrected chi connectivity index (χ2v) is 9.68. The number of para-hydroxylation sites is 1. The van der Waals surface area contributed by atoms with Gasteiger partial charge in [0.05, 0.1) is 11.4 Å². The number of aromatic nitrogens is 2. The number of fused-ring (bicyclic) bond motifs is 2. The van der Waals surface area contributed by atoms with Crippen molar-refractivity contribution in [1.82, 2.24) is 9.97 Å². The molecule has 0 fully saturated rings. The lowest BCUT2D eigenvalue weighted by molar-refractivity contribution is 0.834. The minimum absolute atomic E-state index is 0.446. The SMILES string of the molecule is CC1CC(=NNc2cc(NN=C3CC(C)c4ccccc43)nc(Nc3ccccc3)n2)c2ccccc21. The Morgan fingerprint density at radius 3 is 1.68 bits per heavy atom. The average molecular weight is 488 g/mol. The van der Waals surface area contributed by atoms with Gasteiger partial charge in [-0.05, 0) is 47.9 Å². The molecule has 3 aromatic carbocycles. The number of hydrogen-bond acceptors (Lipinski definition) is 7. The minimum atomic E-state index is 0.446. The normalized spacial score (nSPS) is 20.1. The van der Waals surface area contributed by atoms with Gasteiger partial charge in [-0.25, -0.2) is 0 Å². The zero-order chi connectivity index (χ0) is 25.2. The molecule has 4 aromatic rings. The largest absolute Gasteiger partial charge is 0.324 e. The van der Waals surface area contributed by atoms with E-state index in [1.54, 1.807) is 0 Å². The van der Waals surface area contributed by atoms with Crippen LogP contribution >= 0.6 is 0 Å². The summed E-state index contributed by atoms with van der Waals surface area (Å²) in [4.78, 5) is 9.33. The highest BCUT2D eigenvalue weighted by Crippen LogP contribution is 2.34. The first-order valence-corrected chi connectivity index (χ1v) is 12.7. The molecular formula is C30H29N7. The summed E-state index contributed by atoms with van der Waals surface area (Å²) in [5.74, 6) is 2.52. The third-order valence-electron chi connectivity index (χ3n) is 6.97. The van der Waals surface area contributed by atoms with Gasteiger partial charge in [-0.2, -0.15) is 20.2 Å². The number of nitrogens with zero attached hydrogens (tertiary/aromatic N) is 4. The molecule has 0 bridgehead atoms. The van der Waals surface area contributed by atoms with Gasteiger partial charge < -0.3 is 5.32 Å². The van der Waals surface area contributed by atoms with E-state index < -0.39 is 0 Å². The molecule has 1 heterocycles. The third kappa shape index (κ3) is 4.80. The summed E-state index contributed by atoms with van der Waals surface area (Å²) >= 11 is 0. The second kappa shape index (κ2) is 9.85. The van der Waals surface area contributed by atoms with Crippen LogP contribution in [0.1, 0.15) is 60.8 Å². The summed E-state index contributed by atoms with van der Waals surface area (Å²) in [7, 11) is 0. The Hall–Kier alpha value is -4.52. The second-order valence-electron chi connectivity index (χ2n) is 9.68. The first-order chi connectivity index (χ1) is 18.1. The van der Waals surface area contributed by atoms with Crippen LogP contribution < -0.4 is 16.2 Å². The zero-order valence-electron chi connectivity index (χ0n) is 20.9. The number of nitrogens with one attached hydrogen (secondary N) is 3. The molecule has 1 aromatic heterocycles. The van der Waals surface area contributed by atoms with E-state index in [4.69, 9.17) is 10.2 Å². The Balaban J connectivity index is 1.29. The van der Waals surface area contributed by atoms with Gasteiger partial charge in [-0.3, -0.25) is 10.9 Å². The molecule has 0 saturated heterocycles. The lowest BCUT2D eigenvalue weighted by Gasteiger charge is -2.10. The molecule has 2 unspecified atom stereocenters. The quantitative estimate of drug-likeness (QED) is 0.258. The molecule has 2 atom stereocenters. The van der Waals surface area contributed by atoms with Gasteiger partial charge in [0.25, 0.3) is 0 Å². The van der Waals surface area contributed by atoms with E-state index in [9.17, 15) is 0 Å². The molecule has 3 N–H and O–H groups in total. The molecule has 184 valence electrons. The molecular weight excluding hydrogens is 458 g/mol. The summed E-state index contributed by atoms with van der Waals surface area (Å²) in [6.45, 7) is 4.47. The Bertz CT molecular complexity index is 1400. The van der Waals surface area contributed by atoms with Crippen LogP contribution in [0.2, 0.25) is 0 Å². The number of hydrazone groups is 2. The fourth-order valence-electron chi connectivity index (χ4n) is 5.13. The van der Waals surface area contributed by atoms with Crippen molar-refractivity contribution in [2.75, 3.05) is 16.2 Å². The Morgan fingerprint density at radius 2 is 1.14 bits per heavy atom. The maximum absolute atomic E-state index is 4.74. The molecule has 0 saturated carbocycles. The summed E-state index contributed by atoms with van der Waals surface area (Å²) in [6.07, 6.45) is 1.78. The molecule has 0 spiro atoms. The van der Waals surface area contributed by atoms with Crippen molar-refractivity contribution in [2.24, 2.45) is 10.2 Å². The maximum Gasteiger partial charge on any atom is 0.231 e. The number of hydrogen-bond donors (Lipinski definition) is 3. The van der Waals surface area contributed by atoms with Crippen LogP contribution in [0.5, 0.6) is 0 Å². The van der Waals surface area contributed by atoms with Crippen LogP contribution in [-0.2, 0) is 0 Å². The standard InChI is InChI=1S/C30H29N7/c1-19-16-26(24-14-8-6-12-22(19)24)34-36-28-18-29(33-30(32-28)31-21-10-4-3-5-11-21)37-35-27-17-20(2)23-13-7-9-15-25(23)27/h3-15,18-20H,16-17H2,1-2H3,(H3,31,32,33,36,37). The first kappa shape index (κ1) is 22.9. The van der Waals surface area contributed by atoms with E-state index in [-0.39, 0.29) is 0 Å². The van der Waals surface area contributed by atoms with Crippen molar-refractivity contribution in [2.45, 2.75) is 38.5 Å². The molecule has 37 heavy (non-hydrogen) atoms. The van der Waals surface area contributed by atoms with Gasteiger partial charge >= 0.3 is 0 Å². The van der Waals surface area contributed by atoms with Crippen LogP contribution in [0, 0.1) is 0 Å². The van der Waals surface area contributed by atoms with Crippen LogP contribution in [0.15, 0.2) is 95.1 Å². The van der Waals surface area contributed by atoms with E-state index in [2.05, 4.69) is 88.5 Å². The summed E-state index contributed by atoms with van der Waals surface area (Å²) in [5.41, 5.74) is 14.4. The van der Waals surface area contributed by atoms with Crippen molar-refractivity contribution in [3.05, 3.63) is 107 Å². The van der Waals surface area contributed by atoms with Crippen LogP contribution in [-0.4, -0.2) is 21.4 Å². The van der Waals surface area contributed by atoms with E-state index in [1.807, 2.05) is 36.4 Å². The average Bonchev–Trinajstić information content (AvgIpc) is 3.43. The van der Waals surface area contributed by atoms with Gasteiger partial charge in [0, 0.05) is 22.9 Å². The molecule has 0 amide bonds. The predicted octanol–water partition coefficient (Wildman–Crippen LogP) is 6.87. The third-order valence-corrected chi connectivity index (χ3v) is 6.97. The molecule has 0 radical (unpaired) electrons. The van der Waals surface area contributed by atoms with Gasteiger partial charge in [-0.1, -0.05) is 80.6 Å². The number of anilines is 4. The van der Waals surface area contributed by atoms with Crippen molar-refractivity contribution in [1.29, 1.82) is 0 Å². The molecule has 2 aliphatic rings. The van der Waals surface area contributed by atoms with Crippen LogP contribution in [0.25, 0.3) is 0 Å². The highest BCUT2D eigenvalue weighted by molar-refractivity contribution is 6.06. The number of benzene rings is 3. The van der Waals surface area contributed by atoms with Gasteiger partial charge in [0.1, 0.15) is 0 Å². The van der Waals surface area contributed by atoms with Gasteiger partial charge in [0.2, 0.25) is 5.95 Å². The van der Waals surface area contributed by atoms with E-state index in [1.165, 1.54) is 22.3 Å². The predicted molar refractivity (Wildman–Crippen MR) is 151 cm³/mol. The smallest absolute Gasteiger partial charge is 0.231 e. The zero-order valence-corrected chi connectivity index (χ0v) is 20.9. The fourth-order valence-corrected chi connectivity index (χ4v) is 5.13. The summed E-state index contributed by atoms with van der Waals surface area (Å²) < 4.78 is 0. The van der Waals surface area contributed by atoms with Gasteiger partial charge in [-0.15, -0.1) is 0 Å². The highest BCUT2D eigenvalue weighted by atomic mass is 15.4. The summed E-state index contributed by atoms with van der Waals surface area (Å²) in [5, 5.41) is 12.8. The van der Waals surface area contributed by atoms with Crippen molar-refractivity contribution < 1.29 is 0 Å². The van der Waals surface area contributed by atoms with Crippen LogP contribution in [0.3, 0.4) is 0 Å². The lowest BCUT2D eigenvalue weighted by atomic mass is 10.0. The van der Waals surface area contributed by atoms with E-state index in [0.29, 0.717) is 29.4 Å². The monoisotopic (exact) mass is 487 g/mol. The van der Waals surface area contributed by atoms with Gasteiger partial charge in [0.15, 0.2) is 11.6 Å². The first-order valence-electron chi connectivity index (χ1n) is 12.7. The minimum Gasteiger partial charge on any atom is -0.324 e. The van der Waals surface area contributed by atoms with Crippen LogP contribution in [0.4, 0.5) is 23.3 Å². The topological polar surface area (TPSA) is 86.6 Å². The van der Waals surface area contributed by atoms with E-state index >= 15 is 0 Å². The molecule has 7 heteroatoms. The Morgan fingerprint density at radius 1 is 0.649 bits per heavy atom. The fraction of sp³-hybridized carbons (Fsp3) is 0.200. The van der Waals surface area contributed by atoms with Crippen molar-refractivity contribution >= 4 is 34.7 Å². The Kier molecular flexibility index (Phi) is 6.10. The van der Waals surface area contributed by atoms with Crippen molar-refractivity contribution in [3.8, 4) is 0 Å².